The van der Waals surface area contributed by atoms with E-state index in [9.17, 15) is 0 Å². The highest BCUT2D eigenvalue weighted by Crippen LogP contribution is 1.99. The molecule has 0 radical (unpaired) electrons. The third kappa shape index (κ3) is 8.24. The van der Waals surface area contributed by atoms with Gasteiger partial charge in [-0.3, -0.25) is 0 Å². The van der Waals surface area contributed by atoms with E-state index in [1.807, 2.05) is 13.8 Å². The Labute approximate surface area is 77.9 Å². The highest BCUT2D eigenvalue weighted by Gasteiger charge is 2.02. The van der Waals surface area contributed by atoms with Gasteiger partial charge in [0.15, 0.2) is 0 Å². The first-order valence-corrected chi connectivity index (χ1v) is 7.75. The third-order valence-electron chi connectivity index (χ3n) is 1.92. The lowest BCUT2D eigenvalue weighted by atomic mass is 10.8. The second-order valence-corrected chi connectivity index (χ2v) is 6.44. The summed E-state index contributed by atoms with van der Waals surface area (Å²) < 4.78 is 10.6. The molecule has 0 amide bonds. The van der Waals surface area contributed by atoms with Crippen LogP contribution in [0.4, 0.5) is 0 Å². The van der Waals surface area contributed by atoms with Crippen LogP contribution in [-0.4, -0.2) is 35.2 Å². The molecule has 0 saturated carbocycles. The Morgan fingerprint density at radius 3 is 1.67 bits per heavy atom. The Bertz CT molecular complexity index is 78.6. The molecule has 3 heteroatoms. The zero-order valence-electron chi connectivity index (χ0n) is 8.64. The summed E-state index contributed by atoms with van der Waals surface area (Å²) in [6.07, 6.45) is 0. The van der Waals surface area contributed by atoms with Gasteiger partial charge < -0.3 is 9.47 Å². The van der Waals surface area contributed by atoms with Gasteiger partial charge in [-0.1, -0.05) is 6.55 Å². The molecule has 0 atom stereocenters. The Morgan fingerprint density at radius 2 is 1.33 bits per heavy atom. The van der Waals surface area contributed by atoms with Crippen LogP contribution in [0.5, 0.6) is 0 Å². The summed E-state index contributed by atoms with van der Waals surface area (Å²) in [5.41, 5.74) is 0. The van der Waals surface area contributed by atoms with Crippen molar-refractivity contribution in [3.05, 3.63) is 0 Å². The van der Waals surface area contributed by atoms with Crippen molar-refractivity contribution in [1.29, 1.82) is 0 Å². The summed E-state index contributed by atoms with van der Waals surface area (Å²) in [4.78, 5) is 0. The molecule has 2 nitrogen and oxygen atoms in total. The maximum Gasteiger partial charge on any atom is 0.0439 e. The van der Waals surface area contributed by atoms with E-state index in [0.29, 0.717) is 0 Å². The van der Waals surface area contributed by atoms with Crippen LogP contribution >= 0.6 is 0 Å². The van der Waals surface area contributed by atoms with Gasteiger partial charge in [0.05, 0.1) is 0 Å². The standard InChI is InChI=1S/C9H22O2Si/c1-4-10-6-8-12(3)9-7-11-5-2/h12H,4-9H2,1-3H3. The Kier molecular flexibility index (Phi) is 9.33. The summed E-state index contributed by atoms with van der Waals surface area (Å²) in [7, 11) is -0.515. The van der Waals surface area contributed by atoms with Crippen molar-refractivity contribution in [2.45, 2.75) is 32.5 Å². The minimum atomic E-state index is -0.515. The van der Waals surface area contributed by atoms with E-state index in [1.54, 1.807) is 0 Å². The van der Waals surface area contributed by atoms with Gasteiger partial charge in [0.2, 0.25) is 0 Å². The molecule has 0 aliphatic rings. The molecule has 0 heterocycles. The highest BCUT2D eigenvalue weighted by atomic mass is 28.3. The molecule has 74 valence electrons. The quantitative estimate of drug-likeness (QED) is 0.430. The van der Waals surface area contributed by atoms with Gasteiger partial charge in [0.25, 0.3) is 0 Å². The summed E-state index contributed by atoms with van der Waals surface area (Å²) in [5.74, 6) is 0. The molecule has 0 rings (SSSR count). The fraction of sp³-hybridized carbons (Fsp3) is 1.00. The largest absolute Gasteiger partial charge is 0.382 e. The molecular weight excluding hydrogens is 168 g/mol. The lowest BCUT2D eigenvalue weighted by molar-refractivity contribution is 0.156. The summed E-state index contributed by atoms with van der Waals surface area (Å²) in [5, 5.41) is 0. The lowest BCUT2D eigenvalue weighted by Crippen LogP contribution is -2.13. The Morgan fingerprint density at radius 1 is 0.917 bits per heavy atom. The Balaban J connectivity index is 3.04. The maximum absolute atomic E-state index is 5.30. The average molecular weight is 190 g/mol. The van der Waals surface area contributed by atoms with Crippen molar-refractivity contribution in [1.82, 2.24) is 0 Å². The first-order chi connectivity index (χ1) is 5.81. The molecule has 0 bridgehead atoms. The van der Waals surface area contributed by atoms with Gasteiger partial charge in [-0.2, -0.15) is 0 Å². The van der Waals surface area contributed by atoms with Gasteiger partial charge in [-0.25, -0.2) is 0 Å². The summed E-state index contributed by atoms with van der Waals surface area (Å²) in [6, 6.07) is 2.59. The van der Waals surface area contributed by atoms with Gasteiger partial charge in [0.1, 0.15) is 0 Å². The summed E-state index contributed by atoms with van der Waals surface area (Å²) >= 11 is 0. The number of hydrogen-bond acceptors (Lipinski definition) is 2. The van der Waals surface area contributed by atoms with Crippen LogP contribution in [0.3, 0.4) is 0 Å². The summed E-state index contributed by atoms with van der Waals surface area (Å²) in [6.45, 7) is 10.1. The fourth-order valence-electron chi connectivity index (χ4n) is 1.00. The van der Waals surface area contributed by atoms with Crippen LogP contribution in [0.2, 0.25) is 18.6 Å². The van der Waals surface area contributed by atoms with E-state index in [0.717, 1.165) is 26.4 Å². The van der Waals surface area contributed by atoms with E-state index >= 15 is 0 Å². The second kappa shape index (κ2) is 9.23. The highest BCUT2D eigenvalue weighted by molar-refractivity contribution is 6.57. The molecule has 0 aromatic rings. The zero-order valence-corrected chi connectivity index (χ0v) is 9.79. The zero-order chi connectivity index (χ0) is 9.23. The van der Waals surface area contributed by atoms with E-state index < -0.39 is 8.80 Å². The molecule has 0 N–H and O–H groups in total. The number of hydrogen-bond donors (Lipinski definition) is 0. The molecule has 12 heavy (non-hydrogen) atoms. The first-order valence-electron chi connectivity index (χ1n) is 4.96. The van der Waals surface area contributed by atoms with Crippen LogP contribution in [0.15, 0.2) is 0 Å². The van der Waals surface area contributed by atoms with Crippen LogP contribution in [0.1, 0.15) is 13.8 Å². The minimum absolute atomic E-state index is 0.515. The minimum Gasteiger partial charge on any atom is -0.382 e. The molecular formula is C9H22O2Si. The SMILES string of the molecule is CCOCC[SiH](C)CCOCC. The lowest BCUT2D eigenvalue weighted by Gasteiger charge is -2.09. The second-order valence-electron chi connectivity index (χ2n) is 3.08. The number of ether oxygens (including phenoxy) is 2. The van der Waals surface area contributed by atoms with Crippen LogP contribution in [0, 0.1) is 0 Å². The maximum atomic E-state index is 5.30. The normalized spacial score (nSPS) is 11.0. The van der Waals surface area contributed by atoms with Crippen molar-refractivity contribution >= 4 is 8.80 Å². The van der Waals surface area contributed by atoms with Crippen LogP contribution in [0.25, 0.3) is 0 Å². The molecule has 0 fully saturated rings. The van der Waals surface area contributed by atoms with Crippen molar-refractivity contribution in [2.24, 2.45) is 0 Å². The topological polar surface area (TPSA) is 18.5 Å². The van der Waals surface area contributed by atoms with Crippen molar-refractivity contribution in [2.75, 3.05) is 26.4 Å². The molecule has 0 aromatic carbocycles. The van der Waals surface area contributed by atoms with E-state index in [2.05, 4.69) is 6.55 Å². The van der Waals surface area contributed by atoms with Crippen molar-refractivity contribution < 1.29 is 9.47 Å². The molecule has 0 spiro atoms. The third-order valence-corrected chi connectivity index (χ3v) is 4.36. The van der Waals surface area contributed by atoms with Gasteiger partial charge in [-0.05, 0) is 25.9 Å². The molecule has 0 unspecified atom stereocenters. The van der Waals surface area contributed by atoms with Gasteiger partial charge in [-0.15, -0.1) is 0 Å². The fourth-order valence-corrected chi connectivity index (χ4v) is 2.43. The van der Waals surface area contributed by atoms with E-state index in [4.69, 9.17) is 9.47 Å². The van der Waals surface area contributed by atoms with Crippen molar-refractivity contribution in [3.63, 3.8) is 0 Å². The van der Waals surface area contributed by atoms with E-state index in [1.165, 1.54) is 12.1 Å². The predicted molar refractivity (Wildman–Crippen MR) is 55.6 cm³/mol. The number of rotatable bonds is 8. The van der Waals surface area contributed by atoms with E-state index in [-0.39, 0.29) is 0 Å². The first kappa shape index (κ1) is 12.1. The van der Waals surface area contributed by atoms with Crippen molar-refractivity contribution in [3.8, 4) is 0 Å². The van der Waals surface area contributed by atoms with Crippen LogP contribution in [-0.2, 0) is 9.47 Å². The van der Waals surface area contributed by atoms with Gasteiger partial charge in [0, 0.05) is 35.2 Å². The smallest absolute Gasteiger partial charge is 0.0439 e. The Hall–Kier alpha value is 0.137. The van der Waals surface area contributed by atoms with Gasteiger partial charge >= 0.3 is 0 Å². The monoisotopic (exact) mass is 190 g/mol. The average Bonchev–Trinajstić information content (AvgIpc) is 2.06. The van der Waals surface area contributed by atoms with Crippen LogP contribution < -0.4 is 0 Å². The molecule has 0 saturated heterocycles. The predicted octanol–water partition coefficient (Wildman–Crippen LogP) is 1.92. The molecule has 0 aliphatic heterocycles. The molecule has 0 aliphatic carbocycles. The molecule has 0 aromatic heterocycles.